The van der Waals surface area contributed by atoms with Crippen LogP contribution in [0, 0.1) is 0 Å². The summed E-state index contributed by atoms with van der Waals surface area (Å²) in [5, 5.41) is 3.39. The molecule has 154 valence electrons. The van der Waals surface area contributed by atoms with Crippen LogP contribution in [0.25, 0.3) is 0 Å². The second-order valence-electron chi connectivity index (χ2n) is 7.43. The van der Waals surface area contributed by atoms with E-state index in [0.29, 0.717) is 5.69 Å². The van der Waals surface area contributed by atoms with Crippen LogP contribution in [-0.2, 0) is 4.74 Å². The van der Waals surface area contributed by atoms with E-state index >= 15 is 0 Å². The van der Waals surface area contributed by atoms with Crippen LogP contribution in [0.4, 0.5) is 11.4 Å². The van der Waals surface area contributed by atoms with E-state index in [4.69, 9.17) is 4.74 Å². The Morgan fingerprint density at radius 1 is 0.966 bits per heavy atom. The first-order valence-corrected chi connectivity index (χ1v) is 10.4. The third-order valence-corrected chi connectivity index (χ3v) is 5.53. The third-order valence-electron chi connectivity index (χ3n) is 5.53. The Morgan fingerprint density at radius 3 is 2.41 bits per heavy atom. The van der Waals surface area contributed by atoms with Crippen molar-refractivity contribution in [1.29, 1.82) is 0 Å². The molecule has 29 heavy (non-hydrogen) atoms. The molecule has 0 bridgehead atoms. The van der Waals surface area contributed by atoms with Gasteiger partial charge in [0.1, 0.15) is 5.69 Å². The lowest BCUT2D eigenvalue weighted by Crippen LogP contribution is -2.49. The van der Waals surface area contributed by atoms with Crippen LogP contribution in [-0.4, -0.2) is 86.3 Å². The van der Waals surface area contributed by atoms with E-state index in [1.807, 2.05) is 35.2 Å². The summed E-state index contributed by atoms with van der Waals surface area (Å²) in [5.74, 6) is 0.0116. The number of morpholine rings is 1. The molecule has 0 unspecified atom stereocenters. The molecule has 2 aliphatic rings. The molecule has 1 N–H and O–H groups in total. The minimum atomic E-state index is 0.0116. The number of carbonyl (C=O) groups excluding carboxylic acids is 1. The third kappa shape index (κ3) is 5.25. The van der Waals surface area contributed by atoms with Gasteiger partial charge in [-0.2, -0.15) is 0 Å². The molecule has 1 aromatic carbocycles. The Labute approximate surface area is 172 Å². The number of hydrogen-bond donors (Lipinski definition) is 1. The number of benzene rings is 1. The number of ether oxygens (including phenoxy) is 1. The lowest BCUT2D eigenvalue weighted by Gasteiger charge is -2.36. The molecule has 4 rings (SSSR count). The van der Waals surface area contributed by atoms with E-state index in [9.17, 15) is 4.79 Å². The Morgan fingerprint density at radius 2 is 1.72 bits per heavy atom. The van der Waals surface area contributed by atoms with Crippen molar-refractivity contribution in [2.75, 3.05) is 75.8 Å². The van der Waals surface area contributed by atoms with Crippen LogP contribution in [0.5, 0.6) is 0 Å². The Balaban J connectivity index is 1.24. The van der Waals surface area contributed by atoms with Crippen LogP contribution in [0.15, 0.2) is 48.7 Å². The van der Waals surface area contributed by atoms with Crippen molar-refractivity contribution in [3.63, 3.8) is 0 Å². The predicted octanol–water partition coefficient (Wildman–Crippen LogP) is 1.79. The minimum absolute atomic E-state index is 0.0116. The maximum atomic E-state index is 12.8. The van der Waals surface area contributed by atoms with Crippen molar-refractivity contribution in [2.24, 2.45) is 0 Å². The summed E-state index contributed by atoms with van der Waals surface area (Å²) >= 11 is 0. The highest BCUT2D eigenvalue weighted by Crippen LogP contribution is 2.17. The summed E-state index contributed by atoms with van der Waals surface area (Å²) in [7, 11) is 0. The van der Waals surface area contributed by atoms with Crippen molar-refractivity contribution < 1.29 is 9.53 Å². The molecule has 2 fully saturated rings. The van der Waals surface area contributed by atoms with Gasteiger partial charge in [-0.15, -0.1) is 0 Å². The quantitative estimate of drug-likeness (QED) is 0.805. The van der Waals surface area contributed by atoms with Crippen LogP contribution in [0.2, 0.25) is 0 Å². The maximum Gasteiger partial charge on any atom is 0.272 e. The first-order chi connectivity index (χ1) is 14.3. The number of carbonyl (C=O) groups is 1. The number of aromatic nitrogens is 1. The normalized spacial score (nSPS) is 17.9. The number of hydrogen-bond acceptors (Lipinski definition) is 6. The summed E-state index contributed by atoms with van der Waals surface area (Å²) in [6, 6.07) is 14.1. The Bertz CT molecular complexity index is 770. The lowest BCUT2D eigenvalue weighted by atomic mass is 10.2. The zero-order valence-electron chi connectivity index (χ0n) is 16.8. The van der Waals surface area contributed by atoms with E-state index in [1.165, 1.54) is 5.69 Å². The fourth-order valence-electron chi connectivity index (χ4n) is 3.78. The van der Waals surface area contributed by atoms with E-state index in [1.54, 1.807) is 6.20 Å². The number of anilines is 2. The second-order valence-corrected chi connectivity index (χ2v) is 7.43. The molecule has 0 spiro atoms. The van der Waals surface area contributed by atoms with Crippen molar-refractivity contribution in [3.05, 3.63) is 54.4 Å². The Kier molecular flexibility index (Phi) is 6.59. The smallest absolute Gasteiger partial charge is 0.272 e. The molecule has 2 aromatic rings. The molecular weight excluding hydrogens is 366 g/mol. The minimum Gasteiger partial charge on any atom is -0.383 e. The van der Waals surface area contributed by atoms with Gasteiger partial charge in [0.05, 0.1) is 25.1 Å². The van der Waals surface area contributed by atoms with Crippen LogP contribution < -0.4 is 10.2 Å². The van der Waals surface area contributed by atoms with Crippen molar-refractivity contribution in [1.82, 2.24) is 14.8 Å². The fourth-order valence-corrected chi connectivity index (χ4v) is 3.78. The number of nitrogens with zero attached hydrogens (tertiary/aromatic N) is 4. The summed E-state index contributed by atoms with van der Waals surface area (Å²) < 4.78 is 5.37. The lowest BCUT2D eigenvalue weighted by molar-refractivity contribution is 0.0398. The van der Waals surface area contributed by atoms with Gasteiger partial charge < -0.3 is 19.9 Å². The highest BCUT2D eigenvalue weighted by molar-refractivity contribution is 5.92. The Hall–Kier alpha value is -2.64. The van der Waals surface area contributed by atoms with Gasteiger partial charge in [-0.1, -0.05) is 18.2 Å². The maximum absolute atomic E-state index is 12.8. The molecule has 2 aliphatic heterocycles. The standard InChI is InChI=1S/C22H29N5O2/c28-22(27-12-10-26(11-13-27)20-4-2-1-3-5-20)21-7-6-19(18-24-21)23-8-9-25-14-16-29-17-15-25/h1-7,18,23H,8-17H2. The molecule has 7 nitrogen and oxygen atoms in total. The largest absolute Gasteiger partial charge is 0.383 e. The topological polar surface area (TPSA) is 60.9 Å². The van der Waals surface area contributed by atoms with E-state index < -0.39 is 0 Å². The molecular formula is C22H29N5O2. The van der Waals surface area contributed by atoms with Crippen LogP contribution in [0.1, 0.15) is 10.5 Å². The van der Waals surface area contributed by atoms with Gasteiger partial charge in [0.15, 0.2) is 0 Å². The van der Waals surface area contributed by atoms with Gasteiger partial charge >= 0.3 is 0 Å². The molecule has 2 saturated heterocycles. The fraction of sp³-hybridized carbons (Fsp3) is 0.455. The summed E-state index contributed by atoms with van der Waals surface area (Å²) in [5.41, 5.74) is 2.67. The zero-order chi connectivity index (χ0) is 19.9. The monoisotopic (exact) mass is 395 g/mol. The van der Waals surface area contributed by atoms with E-state index in [0.717, 1.165) is 71.3 Å². The highest BCUT2D eigenvalue weighted by atomic mass is 16.5. The number of piperazine rings is 1. The van der Waals surface area contributed by atoms with Crippen molar-refractivity contribution in [2.45, 2.75) is 0 Å². The van der Waals surface area contributed by atoms with Gasteiger partial charge in [0.2, 0.25) is 0 Å². The van der Waals surface area contributed by atoms with Gasteiger partial charge in [0, 0.05) is 58.0 Å². The first kappa shape index (κ1) is 19.7. The highest BCUT2D eigenvalue weighted by Gasteiger charge is 2.23. The predicted molar refractivity (Wildman–Crippen MR) is 115 cm³/mol. The molecule has 0 radical (unpaired) electrons. The molecule has 1 amide bonds. The van der Waals surface area contributed by atoms with Gasteiger partial charge in [-0.3, -0.25) is 9.69 Å². The summed E-state index contributed by atoms with van der Waals surface area (Å²) in [6.07, 6.45) is 1.76. The van der Waals surface area contributed by atoms with Crippen molar-refractivity contribution in [3.8, 4) is 0 Å². The number of para-hydroxylation sites is 1. The molecule has 0 atom stereocenters. The zero-order valence-corrected chi connectivity index (χ0v) is 16.8. The molecule has 0 saturated carbocycles. The average Bonchev–Trinajstić information content (AvgIpc) is 2.80. The first-order valence-electron chi connectivity index (χ1n) is 10.4. The average molecular weight is 396 g/mol. The van der Waals surface area contributed by atoms with Crippen LogP contribution in [0.3, 0.4) is 0 Å². The van der Waals surface area contributed by atoms with Gasteiger partial charge in [-0.25, -0.2) is 4.98 Å². The molecule has 0 aliphatic carbocycles. The van der Waals surface area contributed by atoms with E-state index in [-0.39, 0.29) is 5.91 Å². The SMILES string of the molecule is O=C(c1ccc(NCCN2CCOCC2)cn1)N1CCN(c2ccccc2)CC1. The summed E-state index contributed by atoms with van der Waals surface area (Å²) in [4.78, 5) is 23.8. The number of amides is 1. The molecule has 1 aromatic heterocycles. The molecule has 7 heteroatoms. The van der Waals surface area contributed by atoms with Gasteiger partial charge in [-0.05, 0) is 24.3 Å². The van der Waals surface area contributed by atoms with Crippen LogP contribution >= 0.6 is 0 Å². The summed E-state index contributed by atoms with van der Waals surface area (Å²) in [6.45, 7) is 8.58. The number of pyridine rings is 1. The second kappa shape index (κ2) is 9.71. The van der Waals surface area contributed by atoms with Crippen molar-refractivity contribution >= 4 is 17.3 Å². The number of rotatable bonds is 6. The van der Waals surface area contributed by atoms with Gasteiger partial charge in [0.25, 0.3) is 5.91 Å². The molecule has 3 heterocycles. The van der Waals surface area contributed by atoms with E-state index in [2.05, 4.69) is 32.2 Å². The number of nitrogens with one attached hydrogen (secondary N) is 1.